The summed E-state index contributed by atoms with van der Waals surface area (Å²) in [5.41, 5.74) is -2.54. The number of carbonyl (C=O) groups excluding carboxylic acids is 1. The Kier molecular flexibility index (Phi) is 9.50. The highest BCUT2D eigenvalue weighted by molar-refractivity contribution is 5.78. The first-order chi connectivity index (χ1) is 19.1. The van der Waals surface area contributed by atoms with Crippen LogP contribution >= 0.6 is 0 Å². The van der Waals surface area contributed by atoms with Gasteiger partial charge in [-0.05, 0) is 23.8 Å². The van der Waals surface area contributed by atoms with E-state index in [-0.39, 0.29) is 12.0 Å². The summed E-state index contributed by atoms with van der Waals surface area (Å²) in [6.45, 7) is 0.761. The van der Waals surface area contributed by atoms with Gasteiger partial charge in [-0.15, -0.1) is 0 Å². The maximum absolute atomic E-state index is 15.8. The molecular formula is C28H24F9NO3. The van der Waals surface area contributed by atoms with Gasteiger partial charge in [0, 0.05) is 30.0 Å². The number of ether oxygens (including phenoxy) is 2. The van der Waals surface area contributed by atoms with Crippen LogP contribution in [0.2, 0.25) is 0 Å². The smallest absolute Gasteiger partial charge is 0.461 e. The molecule has 0 bridgehead atoms. The Balaban J connectivity index is 2.28. The second-order valence-electron chi connectivity index (χ2n) is 9.19. The molecule has 0 fully saturated rings. The average molecular weight is 593 g/mol. The third kappa shape index (κ3) is 7.25. The molecule has 0 radical (unpaired) electrons. The summed E-state index contributed by atoms with van der Waals surface area (Å²) in [4.78, 5) is 13.1. The SMILES string of the molecule is COc1c(F)cccc1C(Cc1ccccc1)(NC(=O)CC(C)C(F)(F)F)c1ccc(OC(F)(F)C(F)F)cc1F. The predicted molar refractivity (Wildman–Crippen MR) is 130 cm³/mol. The van der Waals surface area contributed by atoms with Crippen LogP contribution in [0.4, 0.5) is 39.5 Å². The first-order valence-corrected chi connectivity index (χ1v) is 12.0. The molecule has 13 heteroatoms. The molecular weight excluding hydrogens is 569 g/mol. The van der Waals surface area contributed by atoms with Crippen molar-refractivity contribution in [1.29, 1.82) is 0 Å². The molecule has 0 saturated carbocycles. The van der Waals surface area contributed by atoms with E-state index in [0.717, 1.165) is 26.2 Å². The second-order valence-corrected chi connectivity index (χ2v) is 9.19. The molecule has 2 atom stereocenters. The zero-order valence-electron chi connectivity index (χ0n) is 21.5. The summed E-state index contributed by atoms with van der Waals surface area (Å²) in [6.07, 6.45) is -15.4. The van der Waals surface area contributed by atoms with E-state index < -0.39 is 71.2 Å². The molecule has 2 unspecified atom stereocenters. The Morgan fingerprint density at radius 3 is 2.10 bits per heavy atom. The number of halogens is 9. The number of benzene rings is 3. The number of carbonyl (C=O) groups is 1. The standard InChI is InChI=1S/C28H24F9NO3/c1-16(27(33,34)35)13-23(39)38-26(15-17-7-4-3-5-8-17,20-9-6-10-21(29)24(20)40-2)19-12-11-18(14-22(19)30)41-28(36,37)25(31)32/h3-12,14,16,25H,13,15H2,1-2H3,(H,38,39). The minimum Gasteiger partial charge on any atom is -0.493 e. The molecule has 0 saturated heterocycles. The normalized spacial score (nSPS) is 14.3. The van der Waals surface area contributed by atoms with Crippen LogP contribution in [0.25, 0.3) is 0 Å². The highest BCUT2D eigenvalue weighted by Gasteiger charge is 2.46. The van der Waals surface area contributed by atoms with Crippen molar-refractivity contribution in [2.24, 2.45) is 5.92 Å². The van der Waals surface area contributed by atoms with E-state index in [0.29, 0.717) is 17.7 Å². The van der Waals surface area contributed by atoms with Gasteiger partial charge < -0.3 is 14.8 Å². The third-order valence-corrected chi connectivity index (χ3v) is 6.25. The fraction of sp³-hybridized carbons (Fsp3) is 0.321. The quantitative estimate of drug-likeness (QED) is 0.236. The predicted octanol–water partition coefficient (Wildman–Crippen LogP) is 7.40. The van der Waals surface area contributed by atoms with Gasteiger partial charge in [0.2, 0.25) is 5.91 Å². The minimum absolute atomic E-state index is 0.220. The molecule has 4 nitrogen and oxygen atoms in total. The summed E-state index contributed by atoms with van der Waals surface area (Å²) >= 11 is 0. The Bertz CT molecular complexity index is 1350. The zero-order valence-corrected chi connectivity index (χ0v) is 21.5. The number of para-hydroxylation sites is 1. The number of alkyl halides is 7. The molecule has 1 N–H and O–H groups in total. The van der Waals surface area contributed by atoms with Gasteiger partial charge in [-0.25, -0.2) is 8.78 Å². The highest BCUT2D eigenvalue weighted by Crippen LogP contribution is 2.42. The molecule has 1 amide bonds. The molecule has 0 aliphatic rings. The van der Waals surface area contributed by atoms with E-state index in [2.05, 4.69) is 10.1 Å². The van der Waals surface area contributed by atoms with Crippen molar-refractivity contribution in [3.8, 4) is 11.5 Å². The van der Waals surface area contributed by atoms with Crippen molar-refractivity contribution in [3.05, 3.63) is 95.1 Å². The van der Waals surface area contributed by atoms with Crippen LogP contribution in [0.3, 0.4) is 0 Å². The number of nitrogens with one attached hydrogen (secondary N) is 1. The van der Waals surface area contributed by atoms with Crippen molar-refractivity contribution < 1.29 is 53.8 Å². The van der Waals surface area contributed by atoms with E-state index in [1.165, 1.54) is 12.1 Å². The summed E-state index contributed by atoms with van der Waals surface area (Å²) in [7, 11) is 1.07. The summed E-state index contributed by atoms with van der Waals surface area (Å²) in [6, 6.07) is 13.2. The Morgan fingerprint density at radius 2 is 1.54 bits per heavy atom. The van der Waals surface area contributed by atoms with Crippen LogP contribution in [-0.2, 0) is 16.8 Å². The lowest BCUT2D eigenvalue weighted by Crippen LogP contribution is -2.50. The lowest BCUT2D eigenvalue weighted by atomic mass is 9.76. The molecule has 3 aromatic rings. The Morgan fingerprint density at radius 1 is 0.878 bits per heavy atom. The number of amides is 1. The molecule has 0 spiro atoms. The maximum atomic E-state index is 15.8. The topological polar surface area (TPSA) is 47.6 Å². The van der Waals surface area contributed by atoms with Crippen LogP contribution in [0.1, 0.15) is 30.0 Å². The minimum atomic E-state index is -4.97. The summed E-state index contributed by atoms with van der Waals surface area (Å²) in [5.74, 6) is -7.16. The lowest BCUT2D eigenvalue weighted by molar-refractivity contribution is -0.253. The van der Waals surface area contributed by atoms with Gasteiger partial charge in [0.25, 0.3) is 0 Å². The van der Waals surface area contributed by atoms with Gasteiger partial charge in [-0.3, -0.25) is 4.79 Å². The van der Waals surface area contributed by atoms with E-state index in [1.54, 1.807) is 30.3 Å². The molecule has 0 heterocycles. The van der Waals surface area contributed by atoms with E-state index in [9.17, 15) is 39.9 Å². The van der Waals surface area contributed by atoms with Gasteiger partial charge in [0.15, 0.2) is 11.6 Å². The van der Waals surface area contributed by atoms with E-state index in [1.807, 2.05) is 0 Å². The van der Waals surface area contributed by atoms with Crippen LogP contribution in [0.5, 0.6) is 11.5 Å². The molecule has 0 aliphatic heterocycles. The van der Waals surface area contributed by atoms with Crippen molar-refractivity contribution in [3.63, 3.8) is 0 Å². The number of rotatable bonds is 11. The summed E-state index contributed by atoms with van der Waals surface area (Å²) in [5, 5.41) is 2.41. The fourth-order valence-corrected chi connectivity index (χ4v) is 4.26. The van der Waals surface area contributed by atoms with Gasteiger partial charge in [-0.2, -0.15) is 30.7 Å². The van der Waals surface area contributed by atoms with Gasteiger partial charge in [0.1, 0.15) is 17.1 Å². The van der Waals surface area contributed by atoms with Gasteiger partial charge >= 0.3 is 18.7 Å². The van der Waals surface area contributed by atoms with E-state index in [4.69, 9.17) is 4.74 Å². The molecule has 41 heavy (non-hydrogen) atoms. The fourth-order valence-electron chi connectivity index (χ4n) is 4.26. The Hall–Kier alpha value is -3.90. The number of methoxy groups -OCH3 is 1. The molecule has 222 valence electrons. The van der Waals surface area contributed by atoms with Crippen LogP contribution in [0.15, 0.2) is 66.7 Å². The van der Waals surface area contributed by atoms with Crippen LogP contribution in [0, 0.1) is 17.6 Å². The monoisotopic (exact) mass is 593 g/mol. The van der Waals surface area contributed by atoms with Crippen molar-refractivity contribution >= 4 is 5.91 Å². The average Bonchev–Trinajstić information content (AvgIpc) is 2.88. The van der Waals surface area contributed by atoms with Crippen molar-refractivity contribution in [2.75, 3.05) is 7.11 Å². The van der Waals surface area contributed by atoms with Crippen molar-refractivity contribution in [1.82, 2.24) is 5.32 Å². The highest BCUT2D eigenvalue weighted by atomic mass is 19.4. The Labute approximate surface area is 229 Å². The van der Waals surface area contributed by atoms with Gasteiger partial charge in [0.05, 0.1) is 13.0 Å². The lowest BCUT2D eigenvalue weighted by Gasteiger charge is -2.38. The number of hydrogen-bond donors (Lipinski definition) is 1. The molecule has 0 aliphatic carbocycles. The molecule has 3 rings (SSSR count). The zero-order chi connectivity index (χ0) is 30.6. The van der Waals surface area contributed by atoms with Crippen molar-refractivity contribution in [2.45, 2.75) is 44.0 Å². The third-order valence-electron chi connectivity index (χ3n) is 6.25. The van der Waals surface area contributed by atoms with Crippen LogP contribution in [-0.4, -0.2) is 31.7 Å². The van der Waals surface area contributed by atoms with Gasteiger partial charge in [-0.1, -0.05) is 49.4 Å². The maximum Gasteiger partial charge on any atom is 0.461 e. The largest absolute Gasteiger partial charge is 0.493 e. The number of hydrogen-bond acceptors (Lipinski definition) is 3. The van der Waals surface area contributed by atoms with E-state index >= 15 is 4.39 Å². The molecule has 3 aromatic carbocycles. The first kappa shape index (κ1) is 31.6. The second kappa shape index (κ2) is 12.3. The molecule has 0 aromatic heterocycles. The summed E-state index contributed by atoms with van der Waals surface area (Å²) < 4.78 is 132. The first-order valence-electron chi connectivity index (χ1n) is 12.0. The van der Waals surface area contributed by atoms with Crippen LogP contribution < -0.4 is 14.8 Å².